The Morgan fingerprint density at radius 3 is 2.50 bits per heavy atom. The van der Waals surface area contributed by atoms with Crippen LogP contribution in [0.3, 0.4) is 0 Å². The minimum atomic E-state index is -0.260. The number of carbonyl (C=O) groups is 1. The molecule has 2 aromatic carbocycles. The number of hydrogen-bond donors (Lipinski definition) is 2. The first-order chi connectivity index (χ1) is 14.6. The van der Waals surface area contributed by atoms with E-state index in [-0.39, 0.29) is 5.91 Å². The lowest BCUT2D eigenvalue weighted by Crippen LogP contribution is -2.26. The van der Waals surface area contributed by atoms with Crippen molar-refractivity contribution < 1.29 is 9.53 Å². The molecule has 0 spiro atoms. The van der Waals surface area contributed by atoms with Crippen LogP contribution in [0.5, 0.6) is 0 Å². The van der Waals surface area contributed by atoms with Crippen LogP contribution in [-0.2, 0) is 4.74 Å². The van der Waals surface area contributed by atoms with Gasteiger partial charge in [-0.2, -0.15) is 0 Å². The van der Waals surface area contributed by atoms with Crippen LogP contribution in [0.25, 0.3) is 27.9 Å². The molecule has 1 amide bonds. The molecule has 0 aliphatic heterocycles. The number of ether oxygens (including phenoxy) is 1. The summed E-state index contributed by atoms with van der Waals surface area (Å²) in [5.41, 5.74) is 11.3. The summed E-state index contributed by atoms with van der Waals surface area (Å²) in [7, 11) is 0. The smallest absolute Gasteiger partial charge is 0.257 e. The molecule has 2 aromatic heterocycles. The maximum Gasteiger partial charge on any atom is 0.257 e. The second-order valence-corrected chi connectivity index (χ2v) is 7.12. The lowest BCUT2D eigenvalue weighted by molar-refractivity contribution is 0.0946. The maximum absolute atomic E-state index is 13.0. The van der Waals surface area contributed by atoms with Crippen LogP contribution >= 0.6 is 0 Å². The highest BCUT2D eigenvalue weighted by atomic mass is 16.5. The molecule has 0 aliphatic rings. The Labute approximate surface area is 174 Å². The average Bonchev–Trinajstić information content (AvgIpc) is 3.03. The Balaban J connectivity index is 1.82. The van der Waals surface area contributed by atoms with Gasteiger partial charge >= 0.3 is 0 Å². The number of nitrogen functional groups attached to an aromatic ring is 1. The van der Waals surface area contributed by atoms with Gasteiger partial charge < -0.3 is 15.8 Å². The lowest BCUT2D eigenvalue weighted by atomic mass is 10.2. The highest BCUT2D eigenvalue weighted by molar-refractivity contribution is 6.11. The Morgan fingerprint density at radius 2 is 1.80 bits per heavy atom. The minimum absolute atomic E-state index is 0.260. The number of nitrogens with two attached hydrogens (primary N) is 1. The number of carbonyl (C=O) groups excluding carboxylic acids is 1. The molecule has 0 bridgehead atoms. The van der Waals surface area contributed by atoms with Gasteiger partial charge in [-0.3, -0.25) is 9.36 Å². The molecule has 4 aromatic rings. The molecule has 0 saturated heterocycles. The van der Waals surface area contributed by atoms with E-state index < -0.39 is 0 Å². The number of benzene rings is 2. The number of amides is 1. The number of aryl methyl sites for hydroxylation is 1. The summed E-state index contributed by atoms with van der Waals surface area (Å²) < 4.78 is 7.13. The molecule has 0 radical (unpaired) electrons. The van der Waals surface area contributed by atoms with Crippen molar-refractivity contribution in [3.8, 4) is 5.69 Å². The summed E-state index contributed by atoms with van der Waals surface area (Å²) in [4.78, 5) is 22.5. The molecule has 0 aliphatic carbocycles. The molecule has 4 rings (SSSR count). The number of fused-ring (bicyclic) bond motifs is 2. The predicted octanol–water partition coefficient (Wildman–Crippen LogP) is 3.62. The van der Waals surface area contributed by atoms with Crippen molar-refractivity contribution in [2.75, 3.05) is 25.5 Å². The van der Waals surface area contributed by atoms with Gasteiger partial charge in [0.1, 0.15) is 16.9 Å². The molecule has 0 fully saturated rings. The van der Waals surface area contributed by atoms with Crippen molar-refractivity contribution in [2.24, 2.45) is 0 Å². The van der Waals surface area contributed by atoms with Crippen LogP contribution in [0.1, 0.15) is 29.3 Å². The van der Waals surface area contributed by atoms with Gasteiger partial charge in [0.05, 0.1) is 11.0 Å². The minimum Gasteiger partial charge on any atom is -0.384 e. The second-order valence-electron chi connectivity index (χ2n) is 7.12. The zero-order chi connectivity index (χ0) is 21.1. The molecule has 0 atom stereocenters. The van der Waals surface area contributed by atoms with Gasteiger partial charge in [-0.25, -0.2) is 9.97 Å². The molecule has 30 heavy (non-hydrogen) atoms. The summed E-state index contributed by atoms with van der Waals surface area (Å²) >= 11 is 0. The first-order valence-electron chi connectivity index (χ1n) is 10.1. The molecule has 154 valence electrons. The predicted molar refractivity (Wildman–Crippen MR) is 119 cm³/mol. The molecule has 3 N–H and O–H groups in total. The first kappa shape index (κ1) is 19.8. The summed E-state index contributed by atoms with van der Waals surface area (Å²) in [6, 6.07) is 15.5. The van der Waals surface area contributed by atoms with Gasteiger partial charge in [-0.15, -0.1) is 0 Å². The monoisotopic (exact) mass is 403 g/mol. The number of anilines is 1. The van der Waals surface area contributed by atoms with Gasteiger partial charge in [0.25, 0.3) is 5.91 Å². The number of para-hydroxylation sites is 2. The Kier molecular flexibility index (Phi) is 5.63. The Bertz CT molecular complexity index is 1200. The summed E-state index contributed by atoms with van der Waals surface area (Å²) in [5.74, 6) is 0.0657. The van der Waals surface area contributed by atoms with Crippen LogP contribution < -0.4 is 11.1 Å². The van der Waals surface area contributed by atoms with Crippen molar-refractivity contribution >= 4 is 33.9 Å². The van der Waals surface area contributed by atoms with Crippen molar-refractivity contribution in [2.45, 2.75) is 20.3 Å². The van der Waals surface area contributed by atoms with Crippen LogP contribution in [0.4, 0.5) is 5.82 Å². The number of nitrogens with zero attached hydrogens (tertiary/aromatic N) is 3. The average molecular weight is 403 g/mol. The van der Waals surface area contributed by atoms with Crippen molar-refractivity contribution in [3.05, 3.63) is 59.7 Å². The lowest BCUT2D eigenvalue weighted by Gasteiger charge is -2.09. The van der Waals surface area contributed by atoms with E-state index >= 15 is 0 Å². The topological polar surface area (TPSA) is 95.1 Å². The maximum atomic E-state index is 13.0. The third kappa shape index (κ3) is 3.71. The van der Waals surface area contributed by atoms with Gasteiger partial charge in [0, 0.05) is 25.4 Å². The normalized spacial score (nSPS) is 11.3. The highest BCUT2D eigenvalue weighted by Gasteiger charge is 2.24. The SMILES string of the molecule is CCOCCCNC(=O)c1c(N)n(-c2ccc(C)cc2)c2nc3ccccc3nc12. The van der Waals surface area contributed by atoms with E-state index in [1.165, 1.54) is 0 Å². The van der Waals surface area contributed by atoms with E-state index in [2.05, 4.69) is 5.32 Å². The molecular formula is C23H25N5O2. The zero-order valence-corrected chi connectivity index (χ0v) is 17.2. The third-order valence-electron chi connectivity index (χ3n) is 4.97. The number of aromatic nitrogens is 3. The van der Waals surface area contributed by atoms with Crippen molar-refractivity contribution in [3.63, 3.8) is 0 Å². The second kappa shape index (κ2) is 8.51. The van der Waals surface area contributed by atoms with Gasteiger partial charge in [-0.05, 0) is 44.5 Å². The molecule has 0 saturated carbocycles. The van der Waals surface area contributed by atoms with Crippen LogP contribution in [0.15, 0.2) is 48.5 Å². The molecule has 7 nitrogen and oxygen atoms in total. The zero-order valence-electron chi connectivity index (χ0n) is 17.2. The number of nitrogens with one attached hydrogen (secondary N) is 1. The fraction of sp³-hybridized carbons (Fsp3) is 0.261. The quantitative estimate of drug-likeness (QED) is 0.460. The Hall–Kier alpha value is -3.45. The fourth-order valence-electron chi connectivity index (χ4n) is 3.45. The standard InChI is InChI=1S/C23H25N5O2/c1-3-30-14-6-13-25-23(29)19-20-22(27-18-8-5-4-7-17(18)26-20)28(21(19)24)16-11-9-15(2)10-12-16/h4-5,7-12H,3,6,13-14,24H2,1-2H3,(H,25,29). The molecule has 7 heteroatoms. The fourth-order valence-corrected chi connectivity index (χ4v) is 3.45. The number of rotatable bonds is 7. The van der Waals surface area contributed by atoms with Crippen LogP contribution in [0, 0.1) is 6.92 Å². The van der Waals surface area contributed by atoms with E-state index in [0.717, 1.165) is 28.7 Å². The molecular weight excluding hydrogens is 378 g/mol. The highest BCUT2D eigenvalue weighted by Crippen LogP contribution is 2.31. The van der Waals surface area contributed by atoms with Gasteiger partial charge in [0.15, 0.2) is 5.65 Å². The first-order valence-corrected chi connectivity index (χ1v) is 10.1. The summed E-state index contributed by atoms with van der Waals surface area (Å²) in [5, 5.41) is 2.93. The van der Waals surface area contributed by atoms with E-state index in [1.54, 1.807) is 4.57 Å². The van der Waals surface area contributed by atoms with Crippen molar-refractivity contribution in [1.29, 1.82) is 0 Å². The summed E-state index contributed by atoms with van der Waals surface area (Å²) in [6.45, 7) is 5.73. The van der Waals surface area contributed by atoms with E-state index in [0.29, 0.717) is 42.3 Å². The van der Waals surface area contributed by atoms with Gasteiger partial charge in [0.2, 0.25) is 0 Å². The number of hydrogen-bond acceptors (Lipinski definition) is 5. The third-order valence-corrected chi connectivity index (χ3v) is 4.97. The van der Waals surface area contributed by atoms with E-state index in [4.69, 9.17) is 20.4 Å². The Morgan fingerprint density at radius 1 is 1.10 bits per heavy atom. The largest absolute Gasteiger partial charge is 0.384 e. The van der Waals surface area contributed by atoms with Crippen molar-refractivity contribution in [1.82, 2.24) is 19.9 Å². The van der Waals surface area contributed by atoms with Crippen LogP contribution in [-0.4, -0.2) is 40.2 Å². The molecule has 0 unspecified atom stereocenters. The van der Waals surface area contributed by atoms with Crippen LogP contribution in [0.2, 0.25) is 0 Å². The van der Waals surface area contributed by atoms with E-state index in [9.17, 15) is 4.79 Å². The summed E-state index contributed by atoms with van der Waals surface area (Å²) in [6.07, 6.45) is 0.727. The van der Waals surface area contributed by atoms with E-state index in [1.807, 2.05) is 62.4 Å². The van der Waals surface area contributed by atoms with Gasteiger partial charge in [-0.1, -0.05) is 29.8 Å². The molecule has 2 heterocycles.